The first-order valence-electron chi connectivity index (χ1n) is 5.08. The molecule has 2 rings (SSSR count). The summed E-state index contributed by atoms with van der Waals surface area (Å²) in [5, 5.41) is 10.7. The second kappa shape index (κ2) is 5.30. The van der Waals surface area contributed by atoms with Crippen molar-refractivity contribution in [1.29, 1.82) is 0 Å². The van der Waals surface area contributed by atoms with Gasteiger partial charge in [0.15, 0.2) is 5.60 Å². The lowest BCUT2D eigenvalue weighted by atomic mass is 9.88. The first-order valence-corrected chi connectivity index (χ1v) is 6.16. The molecule has 0 bridgehead atoms. The normalized spacial score (nSPS) is 13.3. The van der Waals surface area contributed by atoms with Gasteiger partial charge in [-0.15, -0.1) is 0 Å². The maximum atomic E-state index is 10.7. The number of rotatable bonds is 2. The molecule has 84 valence electrons. The highest BCUT2D eigenvalue weighted by atomic mass is 127. The maximum Gasteiger partial charge on any atom is 0.177 e. The predicted octanol–water partition coefficient (Wildman–Crippen LogP) is 2.71. The van der Waals surface area contributed by atoms with Crippen molar-refractivity contribution >= 4 is 22.6 Å². The van der Waals surface area contributed by atoms with E-state index in [1.807, 2.05) is 52.9 Å². The summed E-state index contributed by atoms with van der Waals surface area (Å²) in [6.45, 7) is 0. The van der Waals surface area contributed by atoms with Gasteiger partial charge in [0.25, 0.3) is 0 Å². The SMILES string of the molecule is OC(C#CI)(c1ccccc1)c1ccncc1. The van der Waals surface area contributed by atoms with Gasteiger partial charge in [0.2, 0.25) is 0 Å². The van der Waals surface area contributed by atoms with Gasteiger partial charge in [0.05, 0.1) is 0 Å². The van der Waals surface area contributed by atoms with E-state index in [2.05, 4.69) is 14.8 Å². The molecular formula is C14H10INO. The molecule has 1 N–H and O–H groups in total. The van der Waals surface area contributed by atoms with E-state index in [4.69, 9.17) is 0 Å². The number of benzene rings is 1. The number of pyridine rings is 1. The fraction of sp³-hybridized carbons (Fsp3) is 0.0714. The maximum absolute atomic E-state index is 10.7. The number of aliphatic hydroxyl groups is 1. The number of hydrogen-bond donors (Lipinski definition) is 1. The van der Waals surface area contributed by atoms with Gasteiger partial charge in [-0.3, -0.25) is 4.98 Å². The van der Waals surface area contributed by atoms with Crippen LogP contribution >= 0.6 is 22.6 Å². The topological polar surface area (TPSA) is 33.1 Å². The predicted molar refractivity (Wildman–Crippen MR) is 75.5 cm³/mol. The van der Waals surface area contributed by atoms with Crippen LogP contribution in [0.1, 0.15) is 11.1 Å². The average molecular weight is 335 g/mol. The third-order valence-corrected chi connectivity index (χ3v) is 2.79. The minimum absolute atomic E-state index is 0.725. The fourth-order valence-electron chi connectivity index (χ4n) is 1.65. The van der Waals surface area contributed by atoms with E-state index in [0.29, 0.717) is 0 Å². The Morgan fingerprint density at radius 2 is 1.59 bits per heavy atom. The van der Waals surface area contributed by atoms with Gasteiger partial charge in [-0.25, -0.2) is 0 Å². The van der Waals surface area contributed by atoms with E-state index < -0.39 is 5.60 Å². The van der Waals surface area contributed by atoms with Crippen molar-refractivity contribution in [1.82, 2.24) is 4.98 Å². The Kier molecular flexibility index (Phi) is 3.77. The second-order valence-corrected chi connectivity index (χ2v) is 4.07. The average Bonchev–Trinajstić information content (AvgIpc) is 2.41. The van der Waals surface area contributed by atoms with E-state index >= 15 is 0 Å². The Bertz CT molecular complexity index is 503. The van der Waals surface area contributed by atoms with Gasteiger partial charge in [-0.2, -0.15) is 0 Å². The Hall–Kier alpha value is -1.38. The van der Waals surface area contributed by atoms with Crippen molar-refractivity contribution in [2.45, 2.75) is 5.60 Å². The zero-order valence-electron chi connectivity index (χ0n) is 8.97. The van der Waals surface area contributed by atoms with Gasteiger partial charge in [0.1, 0.15) is 0 Å². The highest BCUT2D eigenvalue weighted by molar-refractivity contribution is 14.1. The summed E-state index contributed by atoms with van der Waals surface area (Å²) >= 11 is 1.93. The molecule has 0 saturated carbocycles. The van der Waals surface area contributed by atoms with Crippen LogP contribution in [0.25, 0.3) is 0 Å². The molecule has 1 atom stereocenters. The highest BCUT2D eigenvalue weighted by Crippen LogP contribution is 2.28. The Labute approximate surface area is 114 Å². The molecule has 3 heteroatoms. The molecule has 0 aliphatic rings. The largest absolute Gasteiger partial charge is 0.369 e. The Balaban J connectivity index is 2.58. The quantitative estimate of drug-likeness (QED) is 0.676. The van der Waals surface area contributed by atoms with Crippen LogP contribution in [-0.2, 0) is 5.60 Å². The van der Waals surface area contributed by atoms with Crippen LogP contribution in [0, 0.1) is 9.85 Å². The third-order valence-electron chi connectivity index (χ3n) is 2.52. The molecule has 1 unspecified atom stereocenters. The smallest absolute Gasteiger partial charge is 0.177 e. The zero-order chi connectivity index (χ0) is 12.1. The van der Waals surface area contributed by atoms with Crippen LogP contribution in [-0.4, -0.2) is 10.1 Å². The van der Waals surface area contributed by atoms with Crippen molar-refractivity contribution in [3.63, 3.8) is 0 Å². The molecule has 0 saturated heterocycles. The summed E-state index contributed by atoms with van der Waals surface area (Å²) in [5.41, 5.74) is 0.212. The minimum atomic E-state index is -1.27. The molecule has 1 aromatic carbocycles. The van der Waals surface area contributed by atoms with Crippen LogP contribution in [0.5, 0.6) is 0 Å². The van der Waals surface area contributed by atoms with Crippen LogP contribution in [0.4, 0.5) is 0 Å². The van der Waals surface area contributed by atoms with Gasteiger partial charge < -0.3 is 5.11 Å². The van der Waals surface area contributed by atoms with Crippen molar-refractivity contribution < 1.29 is 5.11 Å². The molecule has 0 radical (unpaired) electrons. The van der Waals surface area contributed by atoms with Crippen molar-refractivity contribution in [2.24, 2.45) is 0 Å². The van der Waals surface area contributed by atoms with Crippen LogP contribution in [0.15, 0.2) is 54.9 Å². The van der Waals surface area contributed by atoms with Crippen LogP contribution in [0.2, 0.25) is 0 Å². The van der Waals surface area contributed by atoms with E-state index in [1.165, 1.54) is 0 Å². The van der Waals surface area contributed by atoms with E-state index in [9.17, 15) is 5.11 Å². The molecule has 17 heavy (non-hydrogen) atoms. The molecular weight excluding hydrogens is 325 g/mol. The number of halogens is 1. The van der Waals surface area contributed by atoms with Crippen molar-refractivity contribution in [3.05, 3.63) is 66.0 Å². The Morgan fingerprint density at radius 1 is 1.00 bits per heavy atom. The second-order valence-electron chi connectivity index (χ2n) is 3.53. The molecule has 1 aromatic heterocycles. The number of hydrogen-bond acceptors (Lipinski definition) is 2. The van der Waals surface area contributed by atoms with Gasteiger partial charge in [0, 0.05) is 46.1 Å². The first kappa shape index (κ1) is 12.1. The van der Waals surface area contributed by atoms with Crippen LogP contribution in [0.3, 0.4) is 0 Å². The molecule has 0 amide bonds. The number of aromatic nitrogens is 1. The monoisotopic (exact) mass is 335 g/mol. The lowest BCUT2D eigenvalue weighted by Gasteiger charge is -2.22. The molecule has 1 heterocycles. The minimum Gasteiger partial charge on any atom is -0.369 e. The van der Waals surface area contributed by atoms with Gasteiger partial charge in [-0.05, 0) is 22.0 Å². The number of nitrogens with zero attached hydrogens (tertiary/aromatic N) is 1. The van der Waals surface area contributed by atoms with E-state index in [-0.39, 0.29) is 0 Å². The van der Waals surface area contributed by atoms with E-state index in [0.717, 1.165) is 11.1 Å². The summed E-state index contributed by atoms with van der Waals surface area (Å²) in [7, 11) is 0. The van der Waals surface area contributed by atoms with Gasteiger partial charge >= 0.3 is 0 Å². The highest BCUT2D eigenvalue weighted by Gasteiger charge is 2.29. The van der Waals surface area contributed by atoms with Gasteiger partial charge in [-0.1, -0.05) is 30.3 Å². The molecule has 0 fully saturated rings. The first-order chi connectivity index (χ1) is 8.27. The summed E-state index contributed by atoms with van der Waals surface area (Å²) in [4.78, 5) is 3.95. The summed E-state index contributed by atoms with van der Waals surface area (Å²) in [5.74, 6) is 2.86. The molecule has 0 aliphatic heterocycles. The molecule has 2 nitrogen and oxygen atoms in total. The van der Waals surface area contributed by atoms with Crippen molar-refractivity contribution in [2.75, 3.05) is 0 Å². The van der Waals surface area contributed by atoms with Crippen molar-refractivity contribution in [3.8, 4) is 9.85 Å². The molecule has 0 spiro atoms. The fourth-order valence-corrected chi connectivity index (χ4v) is 2.04. The summed E-state index contributed by atoms with van der Waals surface area (Å²) in [6.07, 6.45) is 3.30. The standard InChI is InChI=1S/C14H10INO/c15-9-8-14(17,12-4-2-1-3-5-12)13-6-10-16-11-7-13/h1-7,10-11,17H. The zero-order valence-corrected chi connectivity index (χ0v) is 11.1. The van der Waals surface area contributed by atoms with E-state index in [1.54, 1.807) is 24.5 Å². The lowest BCUT2D eigenvalue weighted by Crippen LogP contribution is -2.25. The third kappa shape index (κ3) is 2.48. The molecule has 0 aliphatic carbocycles. The molecule has 2 aromatic rings. The lowest BCUT2D eigenvalue weighted by molar-refractivity contribution is 0.145. The summed E-state index contributed by atoms with van der Waals surface area (Å²) in [6, 6.07) is 12.9. The Morgan fingerprint density at radius 3 is 2.18 bits per heavy atom. The summed E-state index contributed by atoms with van der Waals surface area (Å²) < 4.78 is 2.75. The van der Waals surface area contributed by atoms with Crippen LogP contribution < -0.4 is 0 Å².